The fraction of sp³-hybridized carbons (Fsp3) is 0.348. The van der Waals surface area contributed by atoms with Crippen molar-refractivity contribution < 1.29 is 28.9 Å². The molecule has 2 unspecified atom stereocenters. The molecule has 1 aliphatic heterocycles. The molecule has 7 heteroatoms. The molecule has 30 heavy (non-hydrogen) atoms. The first kappa shape index (κ1) is 21.8. The molecule has 6 nitrogen and oxygen atoms in total. The van der Waals surface area contributed by atoms with Crippen molar-refractivity contribution in [2.24, 2.45) is 0 Å². The first-order valence-corrected chi connectivity index (χ1v) is 9.68. The van der Waals surface area contributed by atoms with Gasteiger partial charge in [-0.25, -0.2) is 4.39 Å². The van der Waals surface area contributed by atoms with Gasteiger partial charge in [0.15, 0.2) is 5.78 Å². The Morgan fingerprint density at radius 2 is 2.00 bits per heavy atom. The average Bonchev–Trinajstić information content (AvgIpc) is 3.11. The Kier molecular flexibility index (Phi) is 6.74. The molecule has 0 saturated carbocycles. The number of nitrogens with zero attached hydrogens (tertiary/aromatic N) is 1. The van der Waals surface area contributed by atoms with E-state index < -0.39 is 11.6 Å². The number of hydrogen-bond donors (Lipinski definition) is 2. The Labute approximate surface area is 175 Å². The largest absolute Gasteiger partial charge is 0.507 e. The third-order valence-corrected chi connectivity index (χ3v) is 5.61. The molecule has 0 spiro atoms. The van der Waals surface area contributed by atoms with Crippen LogP contribution in [-0.2, 0) is 0 Å². The van der Waals surface area contributed by atoms with Crippen molar-refractivity contribution in [2.75, 3.05) is 34.4 Å². The lowest BCUT2D eigenvalue weighted by Crippen LogP contribution is -2.32. The second-order valence-corrected chi connectivity index (χ2v) is 7.30. The van der Waals surface area contributed by atoms with Gasteiger partial charge in [0.2, 0.25) is 0 Å². The summed E-state index contributed by atoms with van der Waals surface area (Å²) in [5.41, 5.74) is 1.00. The van der Waals surface area contributed by atoms with Gasteiger partial charge in [-0.2, -0.15) is 0 Å². The number of allylic oxidation sites excluding steroid dienone is 1. The molecule has 1 fully saturated rings. The topological polar surface area (TPSA) is 79.2 Å². The lowest BCUT2D eigenvalue weighted by molar-refractivity contribution is 0.104. The van der Waals surface area contributed by atoms with Crippen molar-refractivity contribution in [1.82, 2.24) is 4.90 Å². The summed E-state index contributed by atoms with van der Waals surface area (Å²) in [5.74, 6) is -0.748. The zero-order chi connectivity index (χ0) is 21.8. The van der Waals surface area contributed by atoms with Gasteiger partial charge in [-0.3, -0.25) is 4.79 Å². The molecule has 1 aliphatic rings. The second-order valence-electron chi connectivity index (χ2n) is 7.30. The van der Waals surface area contributed by atoms with E-state index in [1.165, 1.54) is 38.5 Å². The zero-order valence-electron chi connectivity index (χ0n) is 17.3. The molecule has 0 amide bonds. The Morgan fingerprint density at radius 1 is 1.27 bits per heavy atom. The molecular formula is C23H26FNO5. The molecule has 0 bridgehead atoms. The fourth-order valence-electron chi connectivity index (χ4n) is 4.04. The van der Waals surface area contributed by atoms with E-state index in [0.717, 1.165) is 6.54 Å². The minimum atomic E-state index is -0.482. The van der Waals surface area contributed by atoms with Gasteiger partial charge < -0.3 is 24.6 Å². The molecule has 0 radical (unpaired) electrons. The number of aromatic hydroxyl groups is 1. The molecule has 1 heterocycles. The summed E-state index contributed by atoms with van der Waals surface area (Å²) in [6.07, 6.45) is 3.45. The van der Waals surface area contributed by atoms with E-state index in [1.54, 1.807) is 18.2 Å². The van der Waals surface area contributed by atoms with Gasteiger partial charge >= 0.3 is 0 Å². The number of carbonyl (C=O) groups excluding carboxylic acids is 1. The third-order valence-electron chi connectivity index (χ3n) is 5.61. The number of ketones is 1. The van der Waals surface area contributed by atoms with Crippen LogP contribution in [0.15, 0.2) is 36.4 Å². The number of aliphatic hydroxyl groups excluding tert-OH is 1. The minimum Gasteiger partial charge on any atom is -0.507 e. The predicted molar refractivity (Wildman–Crippen MR) is 112 cm³/mol. The van der Waals surface area contributed by atoms with Crippen molar-refractivity contribution >= 4 is 11.9 Å². The summed E-state index contributed by atoms with van der Waals surface area (Å²) in [7, 11) is 4.79. The molecule has 0 aliphatic carbocycles. The fourth-order valence-corrected chi connectivity index (χ4v) is 4.04. The molecule has 160 valence electrons. The number of ether oxygens (including phenoxy) is 2. The van der Waals surface area contributed by atoms with E-state index in [4.69, 9.17) is 9.47 Å². The minimum absolute atomic E-state index is 0.00666. The first-order chi connectivity index (χ1) is 14.4. The van der Waals surface area contributed by atoms with Crippen LogP contribution in [0.25, 0.3) is 6.08 Å². The van der Waals surface area contributed by atoms with E-state index in [0.29, 0.717) is 23.3 Å². The molecule has 2 aromatic carbocycles. The smallest absolute Gasteiger partial charge is 0.193 e. The molecule has 2 aromatic rings. The van der Waals surface area contributed by atoms with Gasteiger partial charge in [-0.15, -0.1) is 0 Å². The number of aliphatic hydroxyl groups is 1. The van der Waals surface area contributed by atoms with Crippen molar-refractivity contribution in [3.05, 3.63) is 58.9 Å². The summed E-state index contributed by atoms with van der Waals surface area (Å²) >= 11 is 0. The van der Waals surface area contributed by atoms with E-state index in [-0.39, 0.29) is 35.6 Å². The van der Waals surface area contributed by atoms with Crippen molar-refractivity contribution in [2.45, 2.75) is 18.4 Å². The van der Waals surface area contributed by atoms with Crippen LogP contribution in [0.3, 0.4) is 0 Å². The van der Waals surface area contributed by atoms with Gasteiger partial charge in [0, 0.05) is 23.6 Å². The van der Waals surface area contributed by atoms with E-state index >= 15 is 0 Å². The van der Waals surface area contributed by atoms with Crippen LogP contribution in [0.1, 0.15) is 33.8 Å². The summed E-state index contributed by atoms with van der Waals surface area (Å²) < 4.78 is 24.2. The highest BCUT2D eigenvalue weighted by Gasteiger charge is 2.37. The van der Waals surface area contributed by atoms with Gasteiger partial charge in [-0.05, 0) is 43.8 Å². The standard InChI is InChI=1S/C23H26FNO5/c1-25-10-9-16(17(25)13-26)21-19(29-2)12-20(30-3)22(23(21)28)18(27)8-7-14-5-4-6-15(24)11-14/h4-8,11-12,16-17,26,28H,9-10,13H2,1-3H3. The number of methoxy groups -OCH3 is 2. The molecular weight excluding hydrogens is 389 g/mol. The van der Waals surface area contributed by atoms with Gasteiger partial charge in [0.05, 0.1) is 20.8 Å². The average molecular weight is 415 g/mol. The number of likely N-dealkylation sites (N-methyl/N-ethyl adjacent to an activating group) is 1. The van der Waals surface area contributed by atoms with E-state index in [1.807, 2.05) is 11.9 Å². The number of carbonyl (C=O) groups is 1. The molecule has 2 N–H and O–H groups in total. The number of hydrogen-bond acceptors (Lipinski definition) is 6. The maximum Gasteiger partial charge on any atom is 0.193 e. The molecule has 3 rings (SSSR count). The number of likely N-dealkylation sites (tertiary alicyclic amines) is 1. The van der Waals surface area contributed by atoms with Gasteiger partial charge in [-0.1, -0.05) is 18.2 Å². The maximum atomic E-state index is 13.4. The van der Waals surface area contributed by atoms with Crippen LogP contribution in [0.2, 0.25) is 0 Å². The highest BCUT2D eigenvalue weighted by atomic mass is 19.1. The summed E-state index contributed by atoms with van der Waals surface area (Å²) in [5, 5.41) is 20.9. The van der Waals surface area contributed by atoms with E-state index in [9.17, 15) is 19.4 Å². The SMILES string of the molecule is COc1cc(OC)c(C2CCN(C)C2CO)c(O)c1C(=O)C=Cc1cccc(F)c1. The summed E-state index contributed by atoms with van der Waals surface area (Å²) in [6.45, 7) is 0.659. The van der Waals surface area contributed by atoms with Crippen LogP contribution >= 0.6 is 0 Å². The Morgan fingerprint density at radius 3 is 2.63 bits per heavy atom. The number of phenolic OH excluding ortho intramolecular Hbond substituents is 1. The van der Waals surface area contributed by atoms with Crippen LogP contribution in [0, 0.1) is 5.82 Å². The number of phenols is 1. The second kappa shape index (κ2) is 9.28. The highest BCUT2D eigenvalue weighted by Crippen LogP contribution is 2.47. The Bertz CT molecular complexity index is 959. The van der Waals surface area contributed by atoms with Crippen LogP contribution in [-0.4, -0.2) is 61.4 Å². The van der Waals surface area contributed by atoms with E-state index in [2.05, 4.69) is 0 Å². The highest BCUT2D eigenvalue weighted by molar-refractivity contribution is 6.11. The van der Waals surface area contributed by atoms with Crippen molar-refractivity contribution in [3.63, 3.8) is 0 Å². The number of halogens is 1. The lowest BCUT2D eigenvalue weighted by atomic mass is 9.87. The zero-order valence-corrected chi connectivity index (χ0v) is 17.3. The van der Waals surface area contributed by atoms with Crippen LogP contribution in [0.5, 0.6) is 17.2 Å². The van der Waals surface area contributed by atoms with Crippen molar-refractivity contribution in [1.29, 1.82) is 0 Å². The summed E-state index contributed by atoms with van der Waals surface area (Å²) in [6, 6.07) is 7.22. The lowest BCUT2D eigenvalue weighted by Gasteiger charge is -2.26. The van der Waals surface area contributed by atoms with Gasteiger partial charge in [0.1, 0.15) is 28.6 Å². The third kappa shape index (κ3) is 4.17. The number of rotatable bonds is 7. The number of benzene rings is 2. The molecule has 2 atom stereocenters. The maximum absolute atomic E-state index is 13.4. The monoisotopic (exact) mass is 415 g/mol. The Balaban J connectivity index is 2.06. The van der Waals surface area contributed by atoms with Gasteiger partial charge in [0.25, 0.3) is 0 Å². The van der Waals surface area contributed by atoms with Crippen molar-refractivity contribution in [3.8, 4) is 17.2 Å². The quantitative estimate of drug-likeness (QED) is 0.534. The van der Waals surface area contributed by atoms with Crippen LogP contribution in [0.4, 0.5) is 4.39 Å². The Hall–Kier alpha value is -2.90. The normalized spacial score (nSPS) is 19.4. The predicted octanol–water partition coefficient (Wildman–Crippen LogP) is 3.22. The molecule has 1 saturated heterocycles. The van der Waals surface area contributed by atoms with Crippen LogP contribution < -0.4 is 9.47 Å². The first-order valence-electron chi connectivity index (χ1n) is 9.68. The molecule has 0 aromatic heterocycles. The summed E-state index contributed by atoms with van der Waals surface area (Å²) in [4.78, 5) is 15.0.